The number of carbonyl (C=O) groups is 3. The Bertz CT molecular complexity index is 1470. The molecule has 0 spiro atoms. The standard InChI is InChI=1S/C55H80O6/c1-4-7-10-13-16-19-22-24-25-26-27-28-29-31-33-36-39-42-45-48-54(57)60-51-52(50-59-53(56)47-44-41-38-35-32-21-18-15-12-9-6-3)61-55(58)49-46-43-40-37-34-30-23-20-17-14-11-8-5-2/h7-14,16-29,31,33,35,38,52H,4-6,15,30,32,34,36-37,39-51H2,1-3H3/b10-7-,11-8-,12-9-,16-13-,17-14-,21-18-,22-19-,23-20-,25-24-,27-26+,29-28-,33-31-,38-35-. The molecule has 6 nitrogen and oxygen atoms in total. The Labute approximate surface area is 371 Å². The van der Waals surface area contributed by atoms with Crippen molar-refractivity contribution in [2.45, 2.75) is 155 Å². The molecule has 61 heavy (non-hydrogen) atoms. The van der Waals surface area contributed by atoms with Crippen LogP contribution in [0.25, 0.3) is 0 Å². The molecule has 336 valence electrons. The van der Waals surface area contributed by atoms with Crippen LogP contribution in [0.1, 0.15) is 149 Å². The SMILES string of the molecule is CC\C=C/C=C\C=C/C=C\C=C\C=C/C=C\CCCCCC(=O)OCC(COC(=O)CCC/C=C\C/C=C\C/C=C\CC)OC(=O)CCCCCCC\C=C/C=C\C=C/CC. The summed E-state index contributed by atoms with van der Waals surface area (Å²) in [6, 6.07) is 0. The summed E-state index contributed by atoms with van der Waals surface area (Å²) in [6.07, 6.45) is 69.4. The van der Waals surface area contributed by atoms with E-state index >= 15 is 0 Å². The van der Waals surface area contributed by atoms with Gasteiger partial charge in [0.25, 0.3) is 0 Å². The normalized spacial score (nSPS) is 13.6. The largest absolute Gasteiger partial charge is 0.462 e. The van der Waals surface area contributed by atoms with Crippen molar-refractivity contribution in [1.29, 1.82) is 0 Å². The Morgan fingerprint density at radius 3 is 1.18 bits per heavy atom. The van der Waals surface area contributed by atoms with E-state index < -0.39 is 6.10 Å². The molecule has 0 fully saturated rings. The number of hydrogen-bond donors (Lipinski definition) is 0. The fraction of sp³-hybridized carbons (Fsp3) is 0.473. The Hall–Kier alpha value is -4.97. The van der Waals surface area contributed by atoms with E-state index in [2.05, 4.69) is 99.8 Å². The Balaban J connectivity index is 4.60. The average molecular weight is 837 g/mol. The zero-order valence-corrected chi connectivity index (χ0v) is 38.1. The maximum atomic E-state index is 12.7. The zero-order valence-electron chi connectivity index (χ0n) is 38.1. The first-order valence-electron chi connectivity index (χ1n) is 23.1. The molecule has 0 N–H and O–H groups in total. The van der Waals surface area contributed by atoms with Crippen molar-refractivity contribution in [2.75, 3.05) is 13.2 Å². The van der Waals surface area contributed by atoms with Gasteiger partial charge in [-0.05, 0) is 83.5 Å². The van der Waals surface area contributed by atoms with E-state index in [0.29, 0.717) is 12.8 Å². The topological polar surface area (TPSA) is 78.9 Å². The van der Waals surface area contributed by atoms with Crippen LogP contribution in [0.5, 0.6) is 0 Å². The number of esters is 3. The monoisotopic (exact) mass is 837 g/mol. The van der Waals surface area contributed by atoms with Gasteiger partial charge in [0.15, 0.2) is 6.10 Å². The fourth-order valence-corrected chi connectivity index (χ4v) is 5.39. The summed E-state index contributed by atoms with van der Waals surface area (Å²) in [6.45, 7) is 6.08. The molecule has 0 aliphatic carbocycles. The second kappa shape index (κ2) is 47.7. The summed E-state index contributed by atoms with van der Waals surface area (Å²) in [4.78, 5) is 37.8. The van der Waals surface area contributed by atoms with Crippen LogP contribution in [0.15, 0.2) is 158 Å². The first-order valence-corrected chi connectivity index (χ1v) is 23.1. The van der Waals surface area contributed by atoms with Gasteiger partial charge >= 0.3 is 17.9 Å². The van der Waals surface area contributed by atoms with E-state index in [-0.39, 0.29) is 50.4 Å². The highest BCUT2D eigenvalue weighted by Gasteiger charge is 2.19. The lowest BCUT2D eigenvalue weighted by molar-refractivity contribution is -0.167. The van der Waals surface area contributed by atoms with Crippen LogP contribution in [0.4, 0.5) is 0 Å². The molecule has 0 aliphatic heterocycles. The van der Waals surface area contributed by atoms with Crippen molar-refractivity contribution in [3.05, 3.63) is 158 Å². The summed E-state index contributed by atoms with van der Waals surface area (Å²) in [5, 5.41) is 0. The molecule has 0 aliphatic rings. The second-order valence-electron chi connectivity index (χ2n) is 14.4. The molecule has 1 atom stereocenters. The molecule has 0 radical (unpaired) electrons. The minimum atomic E-state index is -0.834. The minimum absolute atomic E-state index is 0.135. The lowest BCUT2D eigenvalue weighted by Crippen LogP contribution is -2.30. The van der Waals surface area contributed by atoms with E-state index in [1.807, 2.05) is 79.0 Å². The molecule has 0 amide bonds. The summed E-state index contributed by atoms with van der Waals surface area (Å²) in [7, 11) is 0. The maximum Gasteiger partial charge on any atom is 0.306 e. The Morgan fingerprint density at radius 2 is 0.689 bits per heavy atom. The van der Waals surface area contributed by atoms with E-state index in [1.54, 1.807) is 0 Å². The van der Waals surface area contributed by atoms with Crippen molar-refractivity contribution in [3.63, 3.8) is 0 Å². The van der Waals surface area contributed by atoms with Gasteiger partial charge in [-0.3, -0.25) is 14.4 Å². The van der Waals surface area contributed by atoms with Gasteiger partial charge in [-0.1, -0.05) is 204 Å². The molecule has 0 saturated carbocycles. The summed E-state index contributed by atoms with van der Waals surface area (Å²) >= 11 is 0. The van der Waals surface area contributed by atoms with E-state index in [4.69, 9.17) is 14.2 Å². The third-order valence-electron chi connectivity index (χ3n) is 8.76. The number of carbonyl (C=O) groups excluding carboxylic acids is 3. The average Bonchev–Trinajstić information content (AvgIpc) is 3.26. The number of unbranched alkanes of at least 4 members (excludes halogenated alkanes) is 9. The van der Waals surface area contributed by atoms with Crippen LogP contribution < -0.4 is 0 Å². The van der Waals surface area contributed by atoms with Gasteiger partial charge in [-0.2, -0.15) is 0 Å². The maximum absolute atomic E-state index is 12.7. The third kappa shape index (κ3) is 46.0. The van der Waals surface area contributed by atoms with Gasteiger partial charge in [0.05, 0.1) is 0 Å². The van der Waals surface area contributed by atoms with E-state index in [1.165, 1.54) is 0 Å². The molecule has 0 aromatic heterocycles. The third-order valence-corrected chi connectivity index (χ3v) is 8.76. The minimum Gasteiger partial charge on any atom is -0.462 e. The highest BCUT2D eigenvalue weighted by molar-refractivity contribution is 5.71. The van der Waals surface area contributed by atoms with Gasteiger partial charge in [0.1, 0.15) is 13.2 Å². The fourth-order valence-electron chi connectivity index (χ4n) is 5.39. The van der Waals surface area contributed by atoms with Crippen LogP contribution >= 0.6 is 0 Å². The van der Waals surface area contributed by atoms with Crippen LogP contribution in [-0.4, -0.2) is 37.2 Å². The Morgan fingerprint density at radius 1 is 0.344 bits per heavy atom. The van der Waals surface area contributed by atoms with Crippen molar-refractivity contribution >= 4 is 17.9 Å². The number of allylic oxidation sites excluding steroid dienone is 26. The molecule has 0 bridgehead atoms. The Kier molecular flexibility index (Phi) is 43.8. The lowest BCUT2D eigenvalue weighted by Gasteiger charge is -2.18. The molecule has 0 rings (SSSR count). The van der Waals surface area contributed by atoms with Crippen molar-refractivity contribution in [1.82, 2.24) is 0 Å². The van der Waals surface area contributed by atoms with Gasteiger partial charge < -0.3 is 14.2 Å². The number of rotatable bonds is 38. The lowest BCUT2D eigenvalue weighted by atomic mass is 10.1. The molecule has 0 saturated heterocycles. The quantitative estimate of drug-likeness (QED) is 0.0203. The predicted octanol–water partition coefficient (Wildman–Crippen LogP) is 15.1. The van der Waals surface area contributed by atoms with Gasteiger partial charge in [0.2, 0.25) is 0 Å². The molecule has 0 aromatic carbocycles. The molecule has 6 heteroatoms. The predicted molar refractivity (Wildman–Crippen MR) is 260 cm³/mol. The summed E-state index contributed by atoms with van der Waals surface area (Å²) in [5.74, 6) is -1.07. The van der Waals surface area contributed by atoms with Crippen molar-refractivity contribution in [3.8, 4) is 0 Å². The van der Waals surface area contributed by atoms with Gasteiger partial charge in [0, 0.05) is 19.3 Å². The zero-order chi connectivity index (χ0) is 44.4. The first-order chi connectivity index (χ1) is 30.0. The van der Waals surface area contributed by atoms with Crippen molar-refractivity contribution < 1.29 is 28.6 Å². The summed E-state index contributed by atoms with van der Waals surface area (Å²) < 4.78 is 16.6. The molecule has 1 unspecified atom stereocenters. The van der Waals surface area contributed by atoms with E-state index in [0.717, 1.165) is 96.3 Å². The smallest absolute Gasteiger partial charge is 0.306 e. The van der Waals surface area contributed by atoms with E-state index in [9.17, 15) is 14.4 Å². The highest BCUT2D eigenvalue weighted by Crippen LogP contribution is 2.11. The first kappa shape index (κ1) is 56.0. The number of ether oxygens (including phenoxy) is 3. The van der Waals surface area contributed by atoms with Crippen LogP contribution in [0.3, 0.4) is 0 Å². The highest BCUT2D eigenvalue weighted by atomic mass is 16.6. The molecule has 0 aromatic rings. The van der Waals surface area contributed by atoms with Crippen LogP contribution in [0.2, 0.25) is 0 Å². The molecular formula is C55H80O6. The molecular weight excluding hydrogens is 757 g/mol. The second-order valence-corrected chi connectivity index (χ2v) is 14.4. The van der Waals surface area contributed by atoms with Crippen molar-refractivity contribution in [2.24, 2.45) is 0 Å². The summed E-state index contributed by atoms with van der Waals surface area (Å²) in [5.41, 5.74) is 0. The van der Waals surface area contributed by atoms with Gasteiger partial charge in [-0.15, -0.1) is 0 Å². The van der Waals surface area contributed by atoms with Crippen LogP contribution in [-0.2, 0) is 28.6 Å². The van der Waals surface area contributed by atoms with Crippen LogP contribution in [0, 0.1) is 0 Å². The van der Waals surface area contributed by atoms with Gasteiger partial charge in [-0.25, -0.2) is 0 Å². The number of hydrogen-bond acceptors (Lipinski definition) is 6. The molecule has 0 heterocycles.